The van der Waals surface area contributed by atoms with Crippen LogP contribution in [0.4, 0.5) is 0 Å². The third-order valence-corrected chi connectivity index (χ3v) is 3.93. The number of aromatic amines is 1. The summed E-state index contributed by atoms with van der Waals surface area (Å²) in [4.78, 5) is 29.3. The largest absolute Gasteiger partial charge is 0.364 e. The van der Waals surface area contributed by atoms with Crippen LogP contribution in [0.2, 0.25) is 0 Å². The van der Waals surface area contributed by atoms with E-state index < -0.39 is 0 Å². The molecule has 0 saturated heterocycles. The summed E-state index contributed by atoms with van der Waals surface area (Å²) in [5.74, 6) is -0.187. The Labute approximate surface area is 123 Å². The summed E-state index contributed by atoms with van der Waals surface area (Å²) >= 11 is 0. The van der Waals surface area contributed by atoms with Crippen LogP contribution in [0.5, 0.6) is 0 Å². The number of amides is 1. The Balaban J connectivity index is 1.90. The topological polar surface area (TPSA) is 53.2 Å². The van der Waals surface area contributed by atoms with Crippen molar-refractivity contribution in [3.05, 3.63) is 69.1 Å². The second-order valence-corrected chi connectivity index (χ2v) is 5.49. The highest BCUT2D eigenvalue weighted by Crippen LogP contribution is 2.19. The molecule has 0 fully saturated rings. The standard InChI is InChI=1S/C17H18N2O2/c1-12-9-16(20)15(10-18-12)17(21)19-8-4-7-13-5-2-3-6-14(13)11-19/h2-3,5-6,9-10H,4,7-8,11H2,1H3,(H,18,20). The van der Waals surface area contributed by atoms with Gasteiger partial charge in [-0.15, -0.1) is 0 Å². The average Bonchev–Trinajstić information content (AvgIpc) is 2.68. The molecule has 0 spiro atoms. The summed E-state index contributed by atoms with van der Waals surface area (Å²) in [6.07, 6.45) is 3.42. The van der Waals surface area contributed by atoms with Crippen molar-refractivity contribution in [2.45, 2.75) is 26.3 Å². The van der Waals surface area contributed by atoms with Gasteiger partial charge in [0.05, 0.1) is 0 Å². The van der Waals surface area contributed by atoms with Crippen LogP contribution in [0.1, 0.15) is 33.6 Å². The fourth-order valence-electron chi connectivity index (χ4n) is 2.78. The normalized spacial score (nSPS) is 14.4. The summed E-state index contributed by atoms with van der Waals surface area (Å²) in [5.41, 5.74) is 3.24. The number of nitrogens with one attached hydrogen (secondary N) is 1. The Morgan fingerprint density at radius 2 is 2.00 bits per heavy atom. The van der Waals surface area contributed by atoms with Crippen molar-refractivity contribution in [2.75, 3.05) is 6.54 Å². The van der Waals surface area contributed by atoms with Crippen LogP contribution in [0.25, 0.3) is 0 Å². The van der Waals surface area contributed by atoms with Crippen LogP contribution in [0.3, 0.4) is 0 Å². The lowest BCUT2D eigenvalue weighted by Gasteiger charge is -2.20. The van der Waals surface area contributed by atoms with E-state index in [0.717, 1.165) is 18.5 Å². The molecule has 0 bridgehead atoms. The van der Waals surface area contributed by atoms with Gasteiger partial charge in [-0.25, -0.2) is 0 Å². The van der Waals surface area contributed by atoms with Crippen molar-refractivity contribution in [2.24, 2.45) is 0 Å². The highest BCUT2D eigenvalue weighted by atomic mass is 16.2. The molecule has 1 aliphatic rings. The molecule has 0 unspecified atom stereocenters. The van der Waals surface area contributed by atoms with Gasteiger partial charge in [0.15, 0.2) is 5.43 Å². The molecule has 2 aromatic rings. The number of aromatic nitrogens is 1. The predicted molar refractivity (Wildman–Crippen MR) is 81.3 cm³/mol. The molecule has 0 saturated carbocycles. The maximum Gasteiger partial charge on any atom is 0.259 e. The number of fused-ring (bicyclic) bond motifs is 1. The molecule has 3 rings (SSSR count). The monoisotopic (exact) mass is 282 g/mol. The molecule has 2 heterocycles. The van der Waals surface area contributed by atoms with Crippen LogP contribution >= 0.6 is 0 Å². The Kier molecular flexibility index (Phi) is 3.60. The number of rotatable bonds is 1. The van der Waals surface area contributed by atoms with Crippen molar-refractivity contribution in [3.63, 3.8) is 0 Å². The number of aryl methyl sites for hydroxylation is 2. The molecule has 1 amide bonds. The molecule has 1 aliphatic heterocycles. The number of pyridine rings is 1. The van der Waals surface area contributed by atoms with Gasteiger partial charge in [-0.05, 0) is 30.9 Å². The fraction of sp³-hybridized carbons (Fsp3) is 0.294. The summed E-state index contributed by atoms with van der Waals surface area (Å²) in [5, 5.41) is 0. The summed E-state index contributed by atoms with van der Waals surface area (Å²) in [7, 11) is 0. The highest BCUT2D eigenvalue weighted by molar-refractivity contribution is 5.93. The van der Waals surface area contributed by atoms with Crippen LogP contribution < -0.4 is 5.43 Å². The first-order valence-electron chi connectivity index (χ1n) is 7.20. The van der Waals surface area contributed by atoms with Gasteiger partial charge in [-0.3, -0.25) is 9.59 Å². The van der Waals surface area contributed by atoms with Gasteiger partial charge in [-0.1, -0.05) is 24.3 Å². The predicted octanol–water partition coefficient (Wildman–Crippen LogP) is 2.27. The van der Waals surface area contributed by atoms with E-state index in [0.29, 0.717) is 13.1 Å². The smallest absolute Gasteiger partial charge is 0.259 e. The second-order valence-electron chi connectivity index (χ2n) is 5.49. The van der Waals surface area contributed by atoms with E-state index in [4.69, 9.17) is 0 Å². The van der Waals surface area contributed by atoms with Gasteiger partial charge >= 0.3 is 0 Å². The third kappa shape index (κ3) is 2.75. The first-order valence-corrected chi connectivity index (χ1v) is 7.20. The van der Waals surface area contributed by atoms with Crippen molar-refractivity contribution >= 4 is 5.91 Å². The fourth-order valence-corrected chi connectivity index (χ4v) is 2.78. The molecule has 0 atom stereocenters. The molecule has 1 N–H and O–H groups in total. The molecule has 0 radical (unpaired) electrons. The maximum atomic E-state index is 12.6. The molecule has 4 nitrogen and oxygen atoms in total. The van der Waals surface area contributed by atoms with E-state index in [1.165, 1.54) is 23.4 Å². The first-order chi connectivity index (χ1) is 10.1. The molecular weight excluding hydrogens is 264 g/mol. The summed E-state index contributed by atoms with van der Waals surface area (Å²) < 4.78 is 0. The van der Waals surface area contributed by atoms with E-state index in [9.17, 15) is 9.59 Å². The van der Waals surface area contributed by atoms with Gasteiger partial charge in [0, 0.05) is 31.0 Å². The minimum Gasteiger partial charge on any atom is -0.364 e. The van der Waals surface area contributed by atoms with E-state index in [-0.39, 0.29) is 16.9 Å². The molecule has 4 heteroatoms. The third-order valence-electron chi connectivity index (χ3n) is 3.93. The van der Waals surface area contributed by atoms with E-state index >= 15 is 0 Å². The van der Waals surface area contributed by atoms with Gasteiger partial charge < -0.3 is 9.88 Å². The van der Waals surface area contributed by atoms with Crippen molar-refractivity contribution in [1.82, 2.24) is 9.88 Å². The van der Waals surface area contributed by atoms with Crippen LogP contribution in [0.15, 0.2) is 41.3 Å². The number of nitrogens with zero attached hydrogens (tertiary/aromatic N) is 1. The zero-order valence-corrected chi connectivity index (χ0v) is 12.1. The maximum absolute atomic E-state index is 12.6. The Morgan fingerprint density at radius 1 is 1.24 bits per heavy atom. The lowest BCUT2D eigenvalue weighted by atomic mass is 10.0. The summed E-state index contributed by atoms with van der Waals surface area (Å²) in [6.45, 7) is 3.06. The van der Waals surface area contributed by atoms with Gasteiger partial charge in [0.1, 0.15) is 5.56 Å². The lowest BCUT2D eigenvalue weighted by Crippen LogP contribution is -2.34. The summed E-state index contributed by atoms with van der Waals surface area (Å²) in [6, 6.07) is 9.66. The van der Waals surface area contributed by atoms with E-state index in [1.54, 1.807) is 11.8 Å². The minimum atomic E-state index is -0.214. The van der Waals surface area contributed by atoms with Gasteiger partial charge in [0.25, 0.3) is 5.91 Å². The number of H-pyrrole nitrogens is 1. The minimum absolute atomic E-state index is 0.187. The Hall–Kier alpha value is -2.36. The van der Waals surface area contributed by atoms with Crippen molar-refractivity contribution in [1.29, 1.82) is 0 Å². The first kappa shape index (κ1) is 13.6. The number of hydrogen-bond donors (Lipinski definition) is 1. The molecular formula is C17H18N2O2. The number of carbonyl (C=O) groups excluding carboxylic acids is 1. The van der Waals surface area contributed by atoms with Crippen LogP contribution in [0, 0.1) is 6.92 Å². The molecule has 0 aliphatic carbocycles. The number of carbonyl (C=O) groups is 1. The van der Waals surface area contributed by atoms with Crippen LogP contribution in [-0.2, 0) is 13.0 Å². The molecule has 108 valence electrons. The van der Waals surface area contributed by atoms with Crippen molar-refractivity contribution in [3.8, 4) is 0 Å². The molecule has 1 aromatic heterocycles. The number of hydrogen-bond acceptors (Lipinski definition) is 2. The van der Waals surface area contributed by atoms with Crippen LogP contribution in [-0.4, -0.2) is 22.3 Å². The quantitative estimate of drug-likeness (QED) is 0.872. The molecule has 1 aromatic carbocycles. The SMILES string of the molecule is Cc1cc(=O)c(C(=O)N2CCCc3ccccc3C2)c[nH]1. The lowest BCUT2D eigenvalue weighted by molar-refractivity contribution is 0.0744. The van der Waals surface area contributed by atoms with Gasteiger partial charge in [0.2, 0.25) is 0 Å². The van der Waals surface area contributed by atoms with E-state index in [1.807, 2.05) is 12.1 Å². The molecule has 21 heavy (non-hydrogen) atoms. The average molecular weight is 282 g/mol. The highest BCUT2D eigenvalue weighted by Gasteiger charge is 2.21. The Morgan fingerprint density at radius 3 is 2.76 bits per heavy atom. The Bertz CT molecular complexity index is 734. The van der Waals surface area contributed by atoms with Crippen molar-refractivity contribution < 1.29 is 4.79 Å². The number of benzene rings is 1. The van der Waals surface area contributed by atoms with E-state index in [2.05, 4.69) is 17.1 Å². The second kappa shape index (κ2) is 5.56. The zero-order valence-electron chi connectivity index (χ0n) is 12.1. The van der Waals surface area contributed by atoms with Gasteiger partial charge in [-0.2, -0.15) is 0 Å². The zero-order chi connectivity index (χ0) is 14.8.